The molecule has 1 fully saturated rings. The third-order valence-electron chi connectivity index (χ3n) is 4.54. The average Bonchev–Trinajstić information content (AvgIpc) is 3.09. The summed E-state index contributed by atoms with van der Waals surface area (Å²) in [5.74, 6) is -1.73. The molecule has 0 amide bonds. The van der Waals surface area contributed by atoms with E-state index in [-0.39, 0.29) is 29.9 Å². The number of rotatable bonds is 6. The van der Waals surface area contributed by atoms with E-state index in [1.807, 2.05) is 0 Å². The highest BCUT2D eigenvalue weighted by Crippen LogP contribution is 2.38. The third-order valence-corrected chi connectivity index (χ3v) is 6.28. The molecule has 1 saturated heterocycles. The molecular weight excluding hydrogens is 378 g/mol. The average molecular weight is 399 g/mol. The van der Waals surface area contributed by atoms with Gasteiger partial charge in [-0.3, -0.25) is 4.72 Å². The summed E-state index contributed by atoms with van der Waals surface area (Å²) in [6, 6.07) is 4.60. The Bertz CT molecular complexity index is 858. The summed E-state index contributed by atoms with van der Waals surface area (Å²) in [5, 5.41) is 8.29. The van der Waals surface area contributed by atoms with E-state index in [9.17, 15) is 18.3 Å². The van der Waals surface area contributed by atoms with Gasteiger partial charge in [0, 0.05) is 12.5 Å². The lowest BCUT2D eigenvalue weighted by atomic mass is 9.94. The van der Waals surface area contributed by atoms with E-state index in [2.05, 4.69) is 4.72 Å². The van der Waals surface area contributed by atoms with Crippen LogP contribution < -0.4 is 14.2 Å². The Morgan fingerprint density at radius 3 is 2.56 bits per heavy atom. The molecule has 27 heavy (non-hydrogen) atoms. The van der Waals surface area contributed by atoms with Gasteiger partial charge < -0.3 is 24.1 Å². The molecule has 148 valence electrons. The Kier molecular flexibility index (Phi) is 5.31. The van der Waals surface area contributed by atoms with Gasteiger partial charge in [0.15, 0.2) is 5.79 Å². The van der Waals surface area contributed by atoms with Gasteiger partial charge >= 0.3 is 5.97 Å². The number of anilines is 1. The van der Waals surface area contributed by atoms with Gasteiger partial charge in [-0.1, -0.05) is 0 Å². The van der Waals surface area contributed by atoms with Crippen molar-refractivity contribution in [1.29, 1.82) is 0 Å². The largest absolute Gasteiger partial charge is 0.497 e. The van der Waals surface area contributed by atoms with E-state index >= 15 is 0 Å². The van der Waals surface area contributed by atoms with E-state index < -0.39 is 27.0 Å². The molecule has 0 radical (unpaired) electrons. The number of methoxy groups -OCH3 is 2. The van der Waals surface area contributed by atoms with Crippen molar-refractivity contribution < 1.29 is 37.3 Å². The van der Waals surface area contributed by atoms with Crippen LogP contribution in [0.5, 0.6) is 11.5 Å². The van der Waals surface area contributed by atoms with Gasteiger partial charge in [0.2, 0.25) is 10.0 Å². The minimum absolute atomic E-state index is 0.0476. The monoisotopic (exact) mass is 399 g/mol. The van der Waals surface area contributed by atoms with Gasteiger partial charge in [0.05, 0.1) is 38.7 Å². The molecular formula is C17H21NO8S. The summed E-state index contributed by atoms with van der Waals surface area (Å²) in [6.07, 6.45) is 1.56. The number of carboxylic acids is 1. The lowest BCUT2D eigenvalue weighted by Crippen LogP contribution is -2.41. The van der Waals surface area contributed by atoms with E-state index in [1.165, 1.54) is 32.4 Å². The van der Waals surface area contributed by atoms with Gasteiger partial charge in [0.1, 0.15) is 16.7 Å². The second kappa shape index (κ2) is 7.37. The van der Waals surface area contributed by atoms with Crippen LogP contribution in [-0.4, -0.2) is 58.0 Å². The highest BCUT2D eigenvalue weighted by atomic mass is 32.2. The minimum atomic E-state index is -4.06. The molecule has 2 aliphatic rings. The maximum absolute atomic E-state index is 12.9. The summed E-state index contributed by atoms with van der Waals surface area (Å²) < 4.78 is 49.5. The number of hydrogen-bond donors (Lipinski definition) is 2. The number of carbonyl (C=O) groups is 1. The molecule has 1 aliphatic carbocycles. The zero-order valence-electron chi connectivity index (χ0n) is 14.9. The van der Waals surface area contributed by atoms with Crippen LogP contribution in [0.2, 0.25) is 0 Å². The van der Waals surface area contributed by atoms with Crippen molar-refractivity contribution in [1.82, 2.24) is 0 Å². The Labute approximate surface area is 156 Å². The van der Waals surface area contributed by atoms with Crippen LogP contribution in [0.15, 0.2) is 29.8 Å². The topological polar surface area (TPSA) is 120 Å². The number of carboxylic acid groups (broad SMARTS) is 1. The Morgan fingerprint density at radius 2 is 1.96 bits per heavy atom. The fourth-order valence-electron chi connectivity index (χ4n) is 3.22. The molecule has 2 N–H and O–H groups in total. The number of sulfonamides is 1. The van der Waals surface area contributed by atoms with Crippen LogP contribution in [-0.2, 0) is 24.3 Å². The second-order valence-electron chi connectivity index (χ2n) is 6.15. The number of ether oxygens (including phenoxy) is 4. The summed E-state index contributed by atoms with van der Waals surface area (Å²) in [6.45, 7) is 0.671. The maximum atomic E-state index is 12.9. The molecule has 1 spiro atoms. The first-order valence-corrected chi connectivity index (χ1v) is 9.82. The molecule has 0 aromatic heterocycles. The molecule has 1 atom stereocenters. The Hall–Kier alpha value is -2.30. The fourth-order valence-corrected chi connectivity index (χ4v) is 4.77. The predicted octanol–water partition coefficient (Wildman–Crippen LogP) is 1.36. The van der Waals surface area contributed by atoms with Gasteiger partial charge in [0.25, 0.3) is 0 Å². The molecule has 1 heterocycles. The molecule has 1 aromatic rings. The van der Waals surface area contributed by atoms with Crippen molar-refractivity contribution in [3.8, 4) is 11.5 Å². The summed E-state index contributed by atoms with van der Waals surface area (Å²) in [5.41, 5.74) is -0.0835. The van der Waals surface area contributed by atoms with Gasteiger partial charge in [-0.25, -0.2) is 13.2 Å². The van der Waals surface area contributed by atoms with Crippen LogP contribution in [0.25, 0.3) is 0 Å². The summed E-state index contributed by atoms with van der Waals surface area (Å²) in [7, 11) is -1.18. The van der Waals surface area contributed by atoms with Gasteiger partial charge in [-0.05, 0) is 24.6 Å². The molecule has 1 unspecified atom stereocenters. The van der Waals surface area contributed by atoms with Crippen LogP contribution in [0.3, 0.4) is 0 Å². The van der Waals surface area contributed by atoms with Crippen molar-refractivity contribution in [2.24, 2.45) is 0 Å². The van der Waals surface area contributed by atoms with Gasteiger partial charge in [-0.2, -0.15) is 0 Å². The smallest absolute Gasteiger partial charge is 0.332 e. The predicted molar refractivity (Wildman–Crippen MR) is 95.5 cm³/mol. The molecule has 0 bridgehead atoms. The lowest BCUT2D eigenvalue weighted by Gasteiger charge is -2.32. The number of benzene rings is 1. The molecule has 0 saturated carbocycles. The molecule has 10 heteroatoms. The van der Waals surface area contributed by atoms with Crippen LogP contribution in [0.4, 0.5) is 5.69 Å². The number of nitrogens with one attached hydrogen (secondary N) is 1. The lowest BCUT2D eigenvalue weighted by molar-refractivity contribution is -0.138. The SMILES string of the molecule is COc1ccc(NS(=O)(=O)C2CCC3(C=C2C(=O)O)OCCO3)c(OC)c1. The van der Waals surface area contributed by atoms with Crippen molar-refractivity contribution in [2.75, 3.05) is 32.2 Å². The van der Waals surface area contributed by atoms with E-state index in [0.717, 1.165) is 0 Å². The fraction of sp³-hybridized carbons (Fsp3) is 0.471. The Balaban J connectivity index is 1.91. The highest BCUT2D eigenvalue weighted by Gasteiger charge is 2.45. The molecule has 1 aromatic carbocycles. The van der Waals surface area contributed by atoms with Gasteiger partial charge in [-0.15, -0.1) is 0 Å². The minimum Gasteiger partial charge on any atom is -0.497 e. The molecule has 9 nitrogen and oxygen atoms in total. The summed E-state index contributed by atoms with van der Waals surface area (Å²) in [4.78, 5) is 11.7. The zero-order valence-corrected chi connectivity index (χ0v) is 15.7. The molecule has 1 aliphatic heterocycles. The second-order valence-corrected chi connectivity index (χ2v) is 8.02. The molecule has 3 rings (SSSR count). The van der Waals surface area contributed by atoms with Crippen LogP contribution >= 0.6 is 0 Å². The normalized spacial score (nSPS) is 21.6. The first-order chi connectivity index (χ1) is 12.8. The van der Waals surface area contributed by atoms with E-state index in [4.69, 9.17) is 18.9 Å². The van der Waals surface area contributed by atoms with E-state index in [1.54, 1.807) is 6.07 Å². The first kappa shape index (κ1) is 19.5. The Morgan fingerprint density at radius 1 is 1.26 bits per heavy atom. The van der Waals surface area contributed by atoms with Crippen molar-refractivity contribution >= 4 is 21.7 Å². The number of hydrogen-bond acceptors (Lipinski definition) is 7. The van der Waals surface area contributed by atoms with Crippen molar-refractivity contribution in [2.45, 2.75) is 23.9 Å². The standard InChI is InChI=1S/C17H21NO8S/c1-23-11-3-4-13(14(9-11)24-2)18-27(21,22)15-5-6-17(25-7-8-26-17)10-12(15)16(19)20/h3-4,9-10,15,18H,5-8H2,1-2H3,(H,19,20). The first-order valence-electron chi connectivity index (χ1n) is 8.28. The van der Waals surface area contributed by atoms with Crippen LogP contribution in [0.1, 0.15) is 12.8 Å². The van der Waals surface area contributed by atoms with Crippen LogP contribution in [0, 0.1) is 0 Å². The third kappa shape index (κ3) is 3.87. The van der Waals surface area contributed by atoms with Crippen molar-refractivity contribution in [3.63, 3.8) is 0 Å². The zero-order chi connectivity index (χ0) is 19.7. The van der Waals surface area contributed by atoms with E-state index in [0.29, 0.717) is 19.0 Å². The van der Waals surface area contributed by atoms with Crippen molar-refractivity contribution in [3.05, 3.63) is 29.8 Å². The summed E-state index contributed by atoms with van der Waals surface area (Å²) >= 11 is 0. The highest BCUT2D eigenvalue weighted by molar-refractivity contribution is 7.93. The number of aliphatic carboxylic acids is 1. The maximum Gasteiger partial charge on any atom is 0.332 e. The quantitative estimate of drug-likeness (QED) is 0.736.